The average molecular weight is 352 g/mol. The predicted molar refractivity (Wildman–Crippen MR) is 100 cm³/mol. The van der Waals surface area contributed by atoms with E-state index in [9.17, 15) is 9.59 Å². The van der Waals surface area contributed by atoms with Crippen LogP contribution in [0.4, 0.5) is 0 Å². The fourth-order valence-corrected chi connectivity index (χ4v) is 4.72. The van der Waals surface area contributed by atoms with Crippen molar-refractivity contribution in [3.8, 4) is 6.07 Å². The first-order chi connectivity index (χ1) is 12.7. The molecule has 0 aliphatic carbocycles. The maximum Gasteiger partial charge on any atom is 0.266 e. The third kappa shape index (κ3) is 3.08. The number of aromatic amines is 1. The number of nitrogens with one attached hydrogen (secondary N) is 1. The topological polar surface area (TPSA) is 81.9 Å². The summed E-state index contributed by atoms with van der Waals surface area (Å²) in [5, 5.41) is 9.45. The van der Waals surface area contributed by atoms with Crippen LogP contribution in [0, 0.1) is 17.2 Å². The first-order valence-corrected chi connectivity index (χ1v) is 9.58. The SMILES string of the molecule is N#Cc1cc2c(=O)n(CC[C@@H]3CCCN4CCCC[C@H]34)ccc2[nH]c1=O. The van der Waals surface area contributed by atoms with Crippen molar-refractivity contribution in [2.45, 2.75) is 51.1 Å². The van der Waals surface area contributed by atoms with Crippen LogP contribution in [0.1, 0.15) is 44.1 Å². The average Bonchev–Trinajstić information content (AvgIpc) is 2.67. The smallest absolute Gasteiger partial charge is 0.266 e. The molecule has 0 bridgehead atoms. The van der Waals surface area contributed by atoms with Gasteiger partial charge in [-0.15, -0.1) is 0 Å². The molecule has 6 heteroatoms. The third-order valence-electron chi connectivity index (χ3n) is 6.07. The summed E-state index contributed by atoms with van der Waals surface area (Å²) in [6, 6.07) is 5.70. The van der Waals surface area contributed by atoms with E-state index < -0.39 is 5.56 Å². The molecule has 136 valence electrons. The minimum atomic E-state index is -0.447. The van der Waals surface area contributed by atoms with Crippen LogP contribution in [0.2, 0.25) is 0 Å². The van der Waals surface area contributed by atoms with Gasteiger partial charge < -0.3 is 14.5 Å². The monoisotopic (exact) mass is 352 g/mol. The van der Waals surface area contributed by atoms with E-state index in [-0.39, 0.29) is 11.1 Å². The zero-order valence-electron chi connectivity index (χ0n) is 14.9. The van der Waals surface area contributed by atoms with Gasteiger partial charge in [0, 0.05) is 18.8 Å². The summed E-state index contributed by atoms with van der Waals surface area (Å²) in [6.45, 7) is 3.13. The minimum Gasteiger partial charge on any atom is -0.321 e. The van der Waals surface area contributed by atoms with Gasteiger partial charge in [-0.1, -0.05) is 6.42 Å². The Hall–Kier alpha value is -2.39. The Morgan fingerprint density at radius 1 is 1.19 bits per heavy atom. The Morgan fingerprint density at radius 2 is 2.04 bits per heavy atom. The Labute approximate surface area is 152 Å². The van der Waals surface area contributed by atoms with Crippen molar-refractivity contribution in [1.82, 2.24) is 14.5 Å². The molecule has 0 aromatic carbocycles. The number of piperidine rings is 2. The summed E-state index contributed by atoms with van der Waals surface area (Å²) < 4.78 is 1.73. The lowest BCUT2D eigenvalue weighted by atomic mass is 9.81. The Bertz CT molecular complexity index is 966. The number of pyridine rings is 2. The molecule has 0 unspecified atom stereocenters. The van der Waals surface area contributed by atoms with Crippen LogP contribution >= 0.6 is 0 Å². The van der Waals surface area contributed by atoms with Crippen molar-refractivity contribution >= 4 is 10.9 Å². The van der Waals surface area contributed by atoms with Gasteiger partial charge in [0.2, 0.25) is 0 Å². The zero-order valence-corrected chi connectivity index (χ0v) is 14.9. The number of rotatable bonds is 3. The lowest BCUT2D eigenvalue weighted by Crippen LogP contribution is -2.48. The molecular weight excluding hydrogens is 328 g/mol. The molecule has 26 heavy (non-hydrogen) atoms. The minimum absolute atomic E-state index is 0.0162. The van der Waals surface area contributed by atoms with Crippen LogP contribution in [-0.4, -0.2) is 33.6 Å². The fraction of sp³-hybridized carbons (Fsp3) is 0.550. The number of nitriles is 1. The van der Waals surface area contributed by atoms with Crippen molar-refractivity contribution < 1.29 is 0 Å². The second-order valence-electron chi connectivity index (χ2n) is 7.56. The molecule has 0 radical (unpaired) electrons. The van der Waals surface area contributed by atoms with Crippen molar-refractivity contribution in [3.05, 3.63) is 44.6 Å². The number of hydrogen-bond donors (Lipinski definition) is 1. The van der Waals surface area contributed by atoms with Crippen LogP contribution in [0.3, 0.4) is 0 Å². The van der Waals surface area contributed by atoms with Gasteiger partial charge in [-0.3, -0.25) is 9.59 Å². The standard InChI is InChI=1S/C20H24N4O2/c21-13-15-12-16-17(22-19(15)25)7-11-24(20(16)26)10-6-14-4-3-9-23-8-2-1-5-18(14)23/h7,11-12,14,18H,1-6,8-10H2,(H,22,25)/t14-,18+/m0/s1. The van der Waals surface area contributed by atoms with Crippen molar-refractivity contribution in [3.63, 3.8) is 0 Å². The molecule has 0 saturated carbocycles. The van der Waals surface area contributed by atoms with Crippen LogP contribution < -0.4 is 11.1 Å². The van der Waals surface area contributed by atoms with E-state index in [4.69, 9.17) is 5.26 Å². The molecular formula is C20H24N4O2. The summed E-state index contributed by atoms with van der Waals surface area (Å²) >= 11 is 0. The van der Waals surface area contributed by atoms with Crippen molar-refractivity contribution in [2.75, 3.05) is 13.1 Å². The van der Waals surface area contributed by atoms with Gasteiger partial charge in [-0.2, -0.15) is 5.26 Å². The van der Waals surface area contributed by atoms with Crippen LogP contribution in [-0.2, 0) is 6.54 Å². The number of nitrogens with zero attached hydrogens (tertiary/aromatic N) is 3. The van der Waals surface area contributed by atoms with Gasteiger partial charge in [0.05, 0.1) is 10.9 Å². The van der Waals surface area contributed by atoms with E-state index in [0.717, 1.165) is 6.42 Å². The van der Waals surface area contributed by atoms with Gasteiger partial charge in [0.1, 0.15) is 11.6 Å². The van der Waals surface area contributed by atoms with Crippen LogP contribution in [0.5, 0.6) is 0 Å². The first-order valence-electron chi connectivity index (χ1n) is 9.58. The summed E-state index contributed by atoms with van der Waals surface area (Å²) in [6.07, 6.45) is 9.17. The van der Waals surface area contributed by atoms with E-state index in [1.807, 2.05) is 6.07 Å². The molecule has 2 atom stereocenters. The fourth-order valence-electron chi connectivity index (χ4n) is 4.72. The lowest BCUT2D eigenvalue weighted by Gasteiger charge is -2.44. The lowest BCUT2D eigenvalue weighted by molar-refractivity contribution is 0.0538. The third-order valence-corrected chi connectivity index (χ3v) is 6.07. The molecule has 2 aromatic rings. The van der Waals surface area contributed by atoms with E-state index in [1.54, 1.807) is 16.8 Å². The molecule has 2 aliphatic rings. The molecule has 2 fully saturated rings. The van der Waals surface area contributed by atoms with E-state index in [1.165, 1.54) is 51.3 Å². The molecule has 0 spiro atoms. The molecule has 6 nitrogen and oxygen atoms in total. The number of aromatic nitrogens is 2. The van der Waals surface area contributed by atoms with E-state index >= 15 is 0 Å². The summed E-state index contributed by atoms with van der Waals surface area (Å²) in [5.41, 5.74) is -0.104. The highest BCUT2D eigenvalue weighted by atomic mass is 16.1. The molecule has 2 aliphatic heterocycles. The summed E-state index contributed by atoms with van der Waals surface area (Å²) in [4.78, 5) is 29.8. The van der Waals surface area contributed by atoms with Gasteiger partial charge in [-0.05, 0) is 63.2 Å². The van der Waals surface area contributed by atoms with E-state index in [2.05, 4.69) is 9.88 Å². The van der Waals surface area contributed by atoms with Crippen molar-refractivity contribution in [2.24, 2.45) is 5.92 Å². The predicted octanol–water partition coefficient (Wildman–Crippen LogP) is 2.22. The number of fused-ring (bicyclic) bond motifs is 2. The molecule has 2 saturated heterocycles. The first kappa shape index (κ1) is 17.0. The van der Waals surface area contributed by atoms with E-state index in [0.29, 0.717) is 29.4 Å². The van der Waals surface area contributed by atoms with Crippen molar-refractivity contribution in [1.29, 1.82) is 5.26 Å². The second-order valence-corrected chi connectivity index (χ2v) is 7.56. The normalized spacial score (nSPS) is 23.5. The summed E-state index contributed by atoms with van der Waals surface area (Å²) in [7, 11) is 0. The summed E-state index contributed by atoms with van der Waals surface area (Å²) in [5.74, 6) is 0.650. The Balaban J connectivity index is 1.56. The quantitative estimate of drug-likeness (QED) is 0.918. The Kier molecular flexibility index (Phi) is 4.64. The largest absolute Gasteiger partial charge is 0.321 e. The highest BCUT2D eigenvalue weighted by Gasteiger charge is 2.32. The molecule has 4 heterocycles. The highest BCUT2D eigenvalue weighted by Crippen LogP contribution is 2.32. The maximum absolute atomic E-state index is 12.8. The van der Waals surface area contributed by atoms with Gasteiger partial charge >= 0.3 is 0 Å². The molecule has 4 rings (SSSR count). The number of hydrogen-bond acceptors (Lipinski definition) is 4. The number of H-pyrrole nitrogens is 1. The second kappa shape index (κ2) is 7.08. The van der Waals surface area contributed by atoms with Crippen LogP contribution in [0.25, 0.3) is 10.9 Å². The van der Waals surface area contributed by atoms with Gasteiger partial charge in [0.25, 0.3) is 11.1 Å². The zero-order chi connectivity index (χ0) is 18.1. The van der Waals surface area contributed by atoms with Gasteiger partial charge in [0.15, 0.2) is 0 Å². The highest BCUT2D eigenvalue weighted by molar-refractivity contribution is 5.78. The maximum atomic E-state index is 12.8. The molecule has 2 aromatic heterocycles. The number of aryl methyl sites for hydroxylation is 1. The van der Waals surface area contributed by atoms with Crippen LogP contribution in [0.15, 0.2) is 27.9 Å². The molecule has 0 amide bonds. The van der Waals surface area contributed by atoms with Gasteiger partial charge in [-0.25, -0.2) is 0 Å². The Morgan fingerprint density at radius 3 is 2.88 bits per heavy atom. The molecule has 1 N–H and O–H groups in total.